The first-order valence-corrected chi connectivity index (χ1v) is 25.2. The van der Waals surface area contributed by atoms with E-state index in [1.807, 2.05) is 78.9 Å². The third-order valence-corrected chi connectivity index (χ3v) is 14.2. The van der Waals surface area contributed by atoms with E-state index in [-0.39, 0.29) is 18.4 Å². The second-order valence-electron chi connectivity index (χ2n) is 18.5. The normalized spacial score (nSPS) is 15.9. The van der Waals surface area contributed by atoms with Crippen LogP contribution in [-0.2, 0) is 24.7 Å². The van der Waals surface area contributed by atoms with E-state index in [2.05, 4.69) is 60.8 Å². The number of likely N-dealkylation sites (N-methyl/N-ethyl adjacent to an activating group) is 1. The van der Waals surface area contributed by atoms with Crippen molar-refractivity contribution in [2.24, 2.45) is 0 Å². The molecule has 348 valence electrons. The lowest BCUT2D eigenvalue weighted by atomic mass is 9.78. The molecule has 0 radical (unpaired) electrons. The summed E-state index contributed by atoms with van der Waals surface area (Å²) < 4.78 is 12.8. The second-order valence-corrected chi connectivity index (χ2v) is 18.9. The van der Waals surface area contributed by atoms with Gasteiger partial charge in [-0.3, -0.25) is 9.59 Å². The molecule has 2 atom stereocenters. The Morgan fingerprint density at radius 2 is 1.21 bits per heavy atom. The Labute approximate surface area is 398 Å². The molecular formula is C58H69ClN2O5. The van der Waals surface area contributed by atoms with Gasteiger partial charge in [0.1, 0.15) is 12.6 Å². The van der Waals surface area contributed by atoms with Crippen LogP contribution in [0, 0.1) is 0 Å². The maximum absolute atomic E-state index is 14.9. The number of nitrogens with one attached hydrogen (secondary N) is 1. The molecule has 2 amide bonds. The van der Waals surface area contributed by atoms with E-state index in [0.717, 1.165) is 72.8 Å². The number of alkyl carbamates (subject to hydrolysis) is 1. The van der Waals surface area contributed by atoms with Crippen molar-refractivity contribution in [1.29, 1.82) is 0 Å². The molecule has 2 aliphatic rings. The summed E-state index contributed by atoms with van der Waals surface area (Å²) >= 11 is 7.10. The van der Waals surface area contributed by atoms with E-state index >= 15 is 0 Å². The lowest BCUT2D eigenvalue weighted by Crippen LogP contribution is -2.49. The van der Waals surface area contributed by atoms with Gasteiger partial charge in [-0.25, -0.2) is 4.79 Å². The van der Waals surface area contributed by atoms with Crippen LogP contribution in [0.15, 0.2) is 127 Å². The van der Waals surface area contributed by atoms with Crippen LogP contribution in [0.25, 0.3) is 11.1 Å². The van der Waals surface area contributed by atoms with Crippen LogP contribution in [0.3, 0.4) is 0 Å². The number of esters is 1. The van der Waals surface area contributed by atoms with Crippen molar-refractivity contribution in [3.05, 3.63) is 166 Å². The van der Waals surface area contributed by atoms with Gasteiger partial charge in [0, 0.05) is 41.2 Å². The number of ether oxygens (including phenoxy) is 2. The third-order valence-electron chi connectivity index (χ3n) is 13.9. The number of fused-ring (bicyclic) bond motifs is 3. The van der Waals surface area contributed by atoms with Crippen molar-refractivity contribution in [3.8, 4) is 11.1 Å². The molecule has 1 unspecified atom stereocenters. The number of rotatable bonds is 18. The molecule has 0 bridgehead atoms. The molecule has 1 N–H and O–H groups in total. The monoisotopic (exact) mass is 908 g/mol. The van der Waals surface area contributed by atoms with Gasteiger partial charge in [0.05, 0.1) is 6.42 Å². The number of benzene rings is 5. The molecule has 1 saturated carbocycles. The van der Waals surface area contributed by atoms with Crippen LogP contribution in [0.2, 0.25) is 5.02 Å². The molecule has 5 aromatic rings. The first kappa shape index (κ1) is 48.5. The van der Waals surface area contributed by atoms with Gasteiger partial charge in [-0.1, -0.05) is 223 Å². The van der Waals surface area contributed by atoms with E-state index in [1.54, 1.807) is 11.9 Å². The van der Waals surface area contributed by atoms with Gasteiger partial charge in [0.25, 0.3) is 0 Å². The van der Waals surface area contributed by atoms with E-state index in [9.17, 15) is 14.4 Å². The summed E-state index contributed by atoms with van der Waals surface area (Å²) in [5.74, 6) is -0.772. The minimum absolute atomic E-state index is 0.0687. The molecular weight excluding hydrogens is 840 g/mol. The van der Waals surface area contributed by atoms with Crippen molar-refractivity contribution in [3.63, 3.8) is 0 Å². The fourth-order valence-corrected chi connectivity index (χ4v) is 10.5. The Morgan fingerprint density at radius 3 is 1.85 bits per heavy atom. The topological polar surface area (TPSA) is 84.9 Å². The zero-order valence-electron chi connectivity index (χ0n) is 39.2. The molecule has 7 rings (SSSR count). The maximum atomic E-state index is 14.9. The lowest BCUT2D eigenvalue weighted by molar-refractivity contribution is -0.156. The molecule has 2 aliphatic carbocycles. The largest absolute Gasteiger partial charge is 0.449 e. The average molecular weight is 910 g/mol. The predicted molar refractivity (Wildman–Crippen MR) is 267 cm³/mol. The van der Waals surface area contributed by atoms with Crippen LogP contribution in [-0.4, -0.2) is 49.1 Å². The second kappa shape index (κ2) is 24.4. The number of halogens is 1. The molecule has 0 spiro atoms. The summed E-state index contributed by atoms with van der Waals surface area (Å²) in [5.41, 5.74) is 6.25. The minimum atomic E-state index is -1.48. The lowest BCUT2D eigenvalue weighted by Gasteiger charge is -2.36. The van der Waals surface area contributed by atoms with Crippen molar-refractivity contribution in [1.82, 2.24) is 10.2 Å². The highest BCUT2D eigenvalue weighted by Gasteiger charge is 2.43. The van der Waals surface area contributed by atoms with Gasteiger partial charge in [-0.15, -0.1) is 0 Å². The highest BCUT2D eigenvalue weighted by atomic mass is 35.5. The van der Waals surface area contributed by atoms with E-state index in [0.29, 0.717) is 28.6 Å². The Bertz CT molecular complexity index is 2270. The Balaban J connectivity index is 1.17. The zero-order chi connectivity index (χ0) is 46.1. The van der Waals surface area contributed by atoms with Gasteiger partial charge < -0.3 is 19.7 Å². The number of amides is 2. The third kappa shape index (κ3) is 12.1. The Hall–Kier alpha value is -5.40. The summed E-state index contributed by atoms with van der Waals surface area (Å²) in [4.78, 5) is 44.8. The summed E-state index contributed by atoms with van der Waals surface area (Å²) in [5, 5.41) is 3.26. The van der Waals surface area contributed by atoms with Crippen LogP contribution < -0.4 is 5.32 Å². The van der Waals surface area contributed by atoms with E-state index in [1.165, 1.54) is 63.4 Å². The quantitative estimate of drug-likeness (QED) is 0.0538. The van der Waals surface area contributed by atoms with Gasteiger partial charge in [-0.05, 0) is 59.1 Å². The van der Waals surface area contributed by atoms with E-state index in [4.69, 9.17) is 21.1 Å². The summed E-state index contributed by atoms with van der Waals surface area (Å²) in [6.07, 6.45) is 17.7. The average Bonchev–Trinajstić information content (AvgIpc) is 3.63. The SMILES string of the molecule is CCCCCCCCN(C)C(=O)[C@H](CC(=O)OC(c1ccccc1)(c1ccc(C2CCCCCCCCCC2)cc1)c1ccccc1Cl)NC(=O)OCC1c2ccccc2-c2ccccc21. The summed E-state index contributed by atoms with van der Waals surface area (Å²) in [6, 6.07) is 40.7. The minimum Gasteiger partial charge on any atom is -0.449 e. The standard InChI is InChI=1S/C58H69ClN2O5/c1-3-4-5-6-13-25-40-61(2)56(63)54(60-57(64)65-42-51-49-32-21-19-30-47(49)48-31-20-22-33-50(48)51)41-55(62)66-58(45-28-17-14-18-29-45,52-34-23-24-35-53(52)59)46-38-36-44(37-39-46)43-26-15-11-9-7-8-10-12-16-27-43/h14,17-24,28-39,43,51,54H,3-13,15-16,25-27,40-42H2,1-2H3,(H,60,64)/t54-,58?/m0/s1. The van der Waals surface area contributed by atoms with Gasteiger partial charge in [0.15, 0.2) is 5.60 Å². The van der Waals surface area contributed by atoms with Gasteiger partial charge in [-0.2, -0.15) is 0 Å². The van der Waals surface area contributed by atoms with Crippen LogP contribution in [0.1, 0.15) is 161 Å². The maximum Gasteiger partial charge on any atom is 0.407 e. The molecule has 8 heteroatoms. The highest BCUT2D eigenvalue weighted by molar-refractivity contribution is 6.31. The first-order valence-electron chi connectivity index (χ1n) is 24.8. The molecule has 5 aromatic carbocycles. The van der Waals surface area contributed by atoms with Crippen molar-refractivity contribution < 1.29 is 23.9 Å². The number of hydrogen-bond donors (Lipinski definition) is 1. The molecule has 0 saturated heterocycles. The molecule has 1 fully saturated rings. The molecule has 0 aliphatic heterocycles. The molecule has 0 heterocycles. The van der Waals surface area contributed by atoms with Crippen molar-refractivity contribution in [2.75, 3.05) is 20.2 Å². The fourth-order valence-electron chi connectivity index (χ4n) is 10.2. The smallest absolute Gasteiger partial charge is 0.407 e. The fraction of sp³-hybridized carbons (Fsp3) is 0.431. The summed E-state index contributed by atoms with van der Waals surface area (Å²) in [6.45, 7) is 2.75. The van der Waals surface area contributed by atoms with Crippen LogP contribution in [0.5, 0.6) is 0 Å². The van der Waals surface area contributed by atoms with Crippen LogP contribution >= 0.6 is 11.6 Å². The van der Waals surface area contributed by atoms with Crippen molar-refractivity contribution >= 4 is 29.6 Å². The Kier molecular flexibility index (Phi) is 17.9. The highest BCUT2D eigenvalue weighted by Crippen LogP contribution is 2.46. The predicted octanol–water partition coefficient (Wildman–Crippen LogP) is 14.3. The number of carbonyl (C=O) groups excluding carboxylic acids is 3. The summed E-state index contributed by atoms with van der Waals surface area (Å²) in [7, 11) is 1.73. The number of nitrogens with zero attached hydrogens (tertiary/aromatic N) is 1. The molecule has 66 heavy (non-hydrogen) atoms. The van der Waals surface area contributed by atoms with Crippen LogP contribution in [0.4, 0.5) is 4.79 Å². The van der Waals surface area contributed by atoms with Gasteiger partial charge in [0.2, 0.25) is 5.91 Å². The Morgan fingerprint density at radius 1 is 0.667 bits per heavy atom. The number of hydrogen-bond acceptors (Lipinski definition) is 5. The van der Waals surface area contributed by atoms with E-state index < -0.39 is 30.1 Å². The zero-order valence-corrected chi connectivity index (χ0v) is 39.9. The number of unbranched alkanes of at least 4 members (excludes halogenated alkanes) is 5. The van der Waals surface area contributed by atoms with Crippen molar-refractivity contribution in [2.45, 2.75) is 140 Å². The first-order chi connectivity index (χ1) is 32.3. The number of carbonyl (C=O) groups is 3. The molecule has 7 nitrogen and oxygen atoms in total. The molecule has 0 aromatic heterocycles. The van der Waals surface area contributed by atoms with Gasteiger partial charge >= 0.3 is 12.1 Å².